The van der Waals surface area contributed by atoms with Gasteiger partial charge in [0.05, 0.1) is 6.54 Å². The van der Waals surface area contributed by atoms with Crippen LogP contribution in [0.2, 0.25) is 0 Å². The zero-order chi connectivity index (χ0) is 11.9. The Kier molecular flexibility index (Phi) is 5.05. The van der Waals surface area contributed by atoms with Gasteiger partial charge in [-0.3, -0.25) is 0 Å². The van der Waals surface area contributed by atoms with E-state index in [2.05, 4.69) is 40.1 Å². The molecule has 0 bridgehead atoms. The summed E-state index contributed by atoms with van der Waals surface area (Å²) in [5, 5.41) is 3.54. The van der Waals surface area contributed by atoms with Gasteiger partial charge in [0.25, 0.3) is 0 Å². The van der Waals surface area contributed by atoms with Crippen LogP contribution in [-0.4, -0.2) is 17.2 Å². The van der Waals surface area contributed by atoms with Crippen molar-refractivity contribution in [1.82, 2.24) is 9.88 Å². The summed E-state index contributed by atoms with van der Waals surface area (Å²) in [4.78, 5) is 0. The number of hydrogen-bond donors (Lipinski definition) is 1. The molecule has 3 heteroatoms. The van der Waals surface area contributed by atoms with E-state index in [0.717, 1.165) is 6.54 Å². The molecule has 0 aliphatic carbocycles. The molecule has 0 radical (unpaired) electrons. The molecule has 2 rings (SSSR count). The van der Waals surface area contributed by atoms with Crippen LogP contribution in [-0.2, 0) is 13.1 Å². The van der Waals surface area contributed by atoms with Gasteiger partial charge in [-0.25, -0.2) is 9.13 Å². The second-order valence-corrected chi connectivity index (χ2v) is 5.20. The SMILES string of the molecule is CCCCCCn1cc[n+](C[C@@H]2CCCN2)c1. The van der Waals surface area contributed by atoms with Crippen LogP contribution in [0.3, 0.4) is 0 Å². The third-order valence-corrected chi connectivity index (χ3v) is 3.61. The maximum absolute atomic E-state index is 3.54. The molecule has 1 aromatic rings. The quantitative estimate of drug-likeness (QED) is 0.568. The van der Waals surface area contributed by atoms with Crippen LogP contribution in [0.4, 0.5) is 0 Å². The van der Waals surface area contributed by atoms with E-state index in [4.69, 9.17) is 0 Å². The van der Waals surface area contributed by atoms with Crippen molar-refractivity contribution in [3.05, 3.63) is 18.7 Å². The number of unbranched alkanes of at least 4 members (excludes halogenated alkanes) is 3. The monoisotopic (exact) mass is 236 g/mol. The minimum Gasteiger partial charge on any atom is -0.310 e. The van der Waals surface area contributed by atoms with Gasteiger partial charge in [0.15, 0.2) is 0 Å². The van der Waals surface area contributed by atoms with Crippen LogP contribution in [0.5, 0.6) is 0 Å². The third kappa shape index (κ3) is 4.15. The Bertz CT molecular complexity index is 313. The van der Waals surface area contributed by atoms with Crippen LogP contribution < -0.4 is 9.88 Å². The summed E-state index contributed by atoms with van der Waals surface area (Å²) in [7, 11) is 0. The average molecular weight is 236 g/mol. The van der Waals surface area contributed by atoms with Gasteiger partial charge in [-0.15, -0.1) is 0 Å². The summed E-state index contributed by atoms with van der Waals surface area (Å²) in [5.74, 6) is 0. The van der Waals surface area contributed by atoms with Gasteiger partial charge in [-0.2, -0.15) is 0 Å². The zero-order valence-corrected chi connectivity index (χ0v) is 11.1. The highest BCUT2D eigenvalue weighted by molar-refractivity contribution is 4.72. The van der Waals surface area contributed by atoms with Crippen LogP contribution in [0.1, 0.15) is 45.4 Å². The van der Waals surface area contributed by atoms with E-state index >= 15 is 0 Å². The van der Waals surface area contributed by atoms with Crippen molar-refractivity contribution in [1.29, 1.82) is 0 Å². The van der Waals surface area contributed by atoms with E-state index in [9.17, 15) is 0 Å². The fraction of sp³-hybridized carbons (Fsp3) is 0.786. The highest BCUT2D eigenvalue weighted by Gasteiger charge is 2.17. The number of imidazole rings is 1. The van der Waals surface area contributed by atoms with Crippen LogP contribution in [0.25, 0.3) is 0 Å². The Labute approximate surface area is 105 Å². The van der Waals surface area contributed by atoms with Gasteiger partial charge in [0.2, 0.25) is 6.33 Å². The number of aromatic nitrogens is 2. The predicted molar refractivity (Wildman–Crippen MR) is 69.8 cm³/mol. The molecule has 1 aliphatic rings. The Hall–Kier alpha value is -0.830. The van der Waals surface area contributed by atoms with E-state index in [1.807, 2.05) is 0 Å². The van der Waals surface area contributed by atoms with Crippen molar-refractivity contribution in [2.24, 2.45) is 0 Å². The van der Waals surface area contributed by atoms with Crippen LogP contribution in [0.15, 0.2) is 18.7 Å². The van der Waals surface area contributed by atoms with Crippen LogP contribution >= 0.6 is 0 Å². The molecule has 0 unspecified atom stereocenters. The Balaban J connectivity index is 1.71. The lowest BCUT2D eigenvalue weighted by Gasteiger charge is -2.05. The highest BCUT2D eigenvalue weighted by Crippen LogP contribution is 2.05. The molecule has 0 spiro atoms. The van der Waals surface area contributed by atoms with Gasteiger partial charge in [0.1, 0.15) is 18.9 Å². The van der Waals surface area contributed by atoms with Crippen molar-refractivity contribution in [2.45, 2.75) is 64.6 Å². The lowest BCUT2D eigenvalue weighted by Crippen LogP contribution is -2.41. The van der Waals surface area contributed by atoms with Crippen molar-refractivity contribution in [3.8, 4) is 0 Å². The topological polar surface area (TPSA) is 20.8 Å². The fourth-order valence-corrected chi connectivity index (χ4v) is 2.57. The maximum atomic E-state index is 3.54. The summed E-state index contributed by atoms with van der Waals surface area (Å²) in [6.07, 6.45) is 14.7. The third-order valence-electron chi connectivity index (χ3n) is 3.61. The average Bonchev–Trinajstić information content (AvgIpc) is 2.97. The summed E-state index contributed by atoms with van der Waals surface area (Å²) < 4.78 is 4.65. The molecule has 17 heavy (non-hydrogen) atoms. The maximum Gasteiger partial charge on any atom is 0.243 e. The zero-order valence-electron chi connectivity index (χ0n) is 11.1. The first-order valence-corrected chi connectivity index (χ1v) is 7.16. The first-order chi connectivity index (χ1) is 8.38. The summed E-state index contributed by atoms with van der Waals surface area (Å²) >= 11 is 0. The molecular formula is C14H26N3+. The lowest BCUT2D eigenvalue weighted by atomic mass is 10.2. The predicted octanol–water partition coefficient (Wildman–Crippen LogP) is 2.11. The standard InChI is InChI=1S/C14H26N3/c1-2-3-4-5-9-16-10-11-17(13-16)12-14-7-6-8-15-14/h10-11,13-15H,2-9,12H2,1H3/q+1/t14-/m0/s1. The lowest BCUT2D eigenvalue weighted by molar-refractivity contribution is -0.698. The number of hydrogen-bond acceptors (Lipinski definition) is 1. The molecular weight excluding hydrogens is 210 g/mol. The minimum absolute atomic E-state index is 0.691. The van der Waals surface area contributed by atoms with Crippen molar-refractivity contribution >= 4 is 0 Å². The largest absolute Gasteiger partial charge is 0.310 e. The first kappa shape index (κ1) is 12.6. The van der Waals surface area contributed by atoms with Crippen molar-refractivity contribution < 1.29 is 4.57 Å². The van der Waals surface area contributed by atoms with E-state index in [-0.39, 0.29) is 0 Å². The van der Waals surface area contributed by atoms with E-state index in [0.29, 0.717) is 6.04 Å². The summed E-state index contributed by atoms with van der Waals surface area (Å²) in [6, 6.07) is 0.691. The molecule has 1 fully saturated rings. The van der Waals surface area contributed by atoms with Gasteiger partial charge < -0.3 is 5.32 Å². The van der Waals surface area contributed by atoms with Gasteiger partial charge in [-0.05, 0) is 32.2 Å². The molecule has 1 N–H and O–H groups in total. The van der Waals surface area contributed by atoms with Gasteiger partial charge in [-0.1, -0.05) is 19.8 Å². The molecule has 96 valence electrons. The van der Waals surface area contributed by atoms with E-state index in [1.54, 1.807) is 0 Å². The number of nitrogens with zero attached hydrogens (tertiary/aromatic N) is 2. The van der Waals surface area contributed by atoms with E-state index < -0.39 is 0 Å². The van der Waals surface area contributed by atoms with Crippen molar-refractivity contribution in [3.63, 3.8) is 0 Å². The van der Waals surface area contributed by atoms with Gasteiger partial charge >= 0.3 is 0 Å². The molecule has 1 atom stereocenters. The second-order valence-electron chi connectivity index (χ2n) is 5.20. The molecule has 0 saturated carbocycles. The molecule has 1 aromatic heterocycles. The molecule has 1 aliphatic heterocycles. The molecule has 2 heterocycles. The second kappa shape index (κ2) is 6.80. The van der Waals surface area contributed by atoms with E-state index in [1.165, 1.54) is 51.6 Å². The fourth-order valence-electron chi connectivity index (χ4n) is 2.57. The number of aryl methyl sites for hydroxylation is 1. The molecule has 0 amide bonds. The Morgan fingerprint density at radius 2 is 2.29 bits per heavy atom. The molecule has 3 nitrogen and oxygen atoms in total. The Morgan fingerprint density at radius 3 is 3.06 bits per heavy atom. The minimum atomic E-state index is 0.691. The number of nitrogens with one attached hydrogen (secondary N) is 1. The van der Waals surface area contributed by atoms with Crippen LogP contribution in [0, 0.1) is 0 Å². The number of rotatable bonds is 7. The highest BCUT2D eigenvalue weighted by atomic mass is 15.1. The first-order valence-electron chi connectivity index (χ1n) is 7.16. The summed E-state index contributed by atoms with van der Waals surface area (Å²) in [6.45, 7) is 5.76. The smallest absolute Gasteiger partial charge is 0.243 e. The molecule has 1 saturated heterocycles. The molecule has 0 aromatic carbocycles. The summed E-state index contributed by atoms with van der Waals surface area (Å²) in [5.41, 5.74) is 0. The van der Waals surface area contributed by atoms with Crippen molar-refractivity contribution in [2.75, 3.05) is 6.54 Å². The normalized spacial score (nSPS) is 19.9. The Morgan fingerprint density at radius 1 is 1.35 bits per heavy atom. The van der Waals surface area contributed by atoms with Gasteiger partial charge in [0, 0.05) is 6.04 Å².